The van der Waals surface area contributed by atoms with E-state index >= 15 is 0 Å². The normalized spacial score (nSPS) is 19.3. The van der Waals surface area contributed by atoms with E-state index in [1.807, 2.05) is 0 Å². The molecule has 1 aromatic rings. The van der Waals surface area contributed by atoms with Gasteiger partial charge in [0.05, 0.1) is 13.2 Å². The highest BCUT2D eigenvalue weighted by Crippen LogP contribution is 2.30. The second kappa shape index (κ2) is 14.9. The predicted octanol–water partition coefficient (Wildman–Crippen LogP) is 4.69. The van der Waals surface area contributed by atoms with Crippen LogP contribution in [0.3, 0.4) is 0 Å². The first-order valence-electron chi connectivity index (χ1n) is 13.9. The van der Waals surface area contributed by atoms with Crippen molar-refractivity contribution in [2.75, 3.05) is 18.5 Å². The van der Waals surface area contributed by atoms with Gasteiger partial charge in [0.15, 0.2) is 5.13 Å². The summed E-state index contributed by atoms with van der Waals surface area (Å²) in [6.45, 7) is 3.83. The SMILES string of the molecule is CCC1CCCCC1.CCOC(=O)C(=O)c1csc(NC(=O)C(CC2CCCCC2)N2C(=O)CNC2=O)n1. The number of Topliss-reactive ketones (excluding diaryl/α,β-unsaturated/α-hetero) is 1. The van der Waals surface area contributed by atoms with E-state index in [2.05, 4.69) is 27.3 Å². The number of amides is 4. The molecule has 0 spiro atoms. The second-order valence-electron chi connectivity index (χ2n) is 10.2. The molecule has 4 rings (SSSR count). The number of hydrogen-bond acceptors (Lipinski definition) is 8. The second-order valence-corrected chi connectivity index (χ2v) is 11.0. The van der Waals surface area contributed by atoms with Crippen molar-refractivity contribution >= 4 is 46.1 Å². The summed E-state index contributed by atoms with van der Waals surface area (Å²) in [6, 6.07) is -1.55. The molecule has 2 N–H and O–H groups in total. The summed E-state index contributed by atoms with van der Waals surface area (Å²) < 4.78 is 4.66. The number of nitrogens with zero attached hydrogens (tertiary/aromatic N) is 2. The Bertz CT molecular complexity index is 968. The Morgan fingerprint density at radius 2 is 1.68 bits per heavy atom. The molecule has 4 amide bonds. The number of ketones is 1. The lowest BCUT2D eigenvalue weighted by Gasteiger charge is -2.29. The van der Waals surface area contributed by atoms with Crippen LogP contribution in [0.4, 0.5) is 9.93 Å². The highest BCUT2D eigenvalue weighted by atomic mass is 32.1. The third kappa shape index (κ3) is 8.34. The number of thiazole rings is 1. The number of ether oxygens (including phenoxy) is 1. The van der Waals surface area contributed by atoms with E-state index in [-0.39, 0.29) is 29.9 Å². The summed E-state index contributed by atoms with van der Waals surface area (Å²) in [7, 11) is 0. The molecule has 1 unspecified atom stereocenters. The van der Waals surface area contributed by atoms with Gasteiger partial charge in [-0.05, 0) is 25.2 Å². The quantitative estimate of drug-likeness (QED) is 0.198. The van der Waals surface area contributed by atoms with E-state index in [9.17, 15) is 24.0 Å². The van der Waals surface area contributed by atoms with Crippen LogP contribution in [0.25, 0.3) is 0 Å². The van der Waals surface area contributed by atoms with Gasteiger partial charge in [-0.3, -0.25) is 19.3 Å². The molecule has 0 bridgehead atoms. The Morgan fingerprint density at radius 3 is 2.21 bits per heavy atom. The van der Waals surface area contributed by atoms with Gasteiger partial charge in [-0.25, -0.2) is 14.6 Å². The fourth-order valence-corrected chi connectivity index (χ4v) is 6.03. The molecule has 3 aliphatic rings. The monoisotopic (exact) mass is 548 g/mol. The average molecular weight is 549 g/mol. The van der Waals surface area contributed by atoms with Crippen LogP contribution in [-0.4, -0.2) is 58.7 Å². The van der Waals surface area contributed by atoms with Gasteiger partial charge in [-0.1, -0.05) is 77.6 Å². The zero-order chi connectivity index (χ0) is 27.5. The lowest BCUT2D eigenvalue weighted by molar-refractivity contribution is -0.137. The topological polar surface area (TPSA) is 135 Å². The van der Waals surface area contributed by atoms with Crippen LogP contribution in [0.1, 0.15) is 101 Å². The third-order valence-electron chi connectivity index (χ3n) is 7.50. The lowest BCUT2D eigenvalue weighted by atomic mass is 9.84. The van der Waals surface area contributed by atoms with Crippen LogP contribution in [0.15, 0.2) is 5.38 Å². The molecule has 210 valence electrons. The predicted molar refractivity (Wildman–Crippen MR) is 144 cm³/mol. The molecule has 1 aromatic heterocycles. The number of carbonyl (C=O) groups is 5. The zero-order valence-electron chi connectivity index (χ0n) is 22.5. The number of rotatable bonds is 9. The zero-order valence-corrected chi connectivity index (χ0v) is 23.3. The minimum Gasteiger partial charge on any atom is -0.460 e. The number of nitrogens with one attached hydrogen (secondary N) is 2. The van der Waals surface area contributed by atoms with E-state index < -0.39 is 35.6 Å². The largest absolute Gasteiger partial charge is 0.460 e. The maximum atomic E-state index is 13.0. The molecule has 10 nitrogen and oxygen atoms in total. The molecular formula is C27H40N4O6S. The van der Waals surface area contributed by atoms with Crippen molar-refractivity contribution in [3.63, 3.8) is 0 Å². The Kier molecular flexibility index (Phi) is 11.7. The minimum atomic E-state index is -1.02. The first-order valence-corrected chi connectivity index (χ1v) is 14.8. The standard InChI is InChI=1S/C19H24N4O6S.C8H16/c1-2-29-17(27)15(25)12-10-30-18(21-12)22-16(26)13(8-11-6-4-3-5-7-11)23-14(24)9-20-19(23)28;1-2-8-6-4-3-5-7-8/h10-11,13H,2-9H2,1H3,(H,20,28)(H,21,22,26);8H,2-7H2,1H3. The van der Waals surface area contributed by atoms with Crippen molar-refractivity contribution in [3.8, 4) is 0 Å². The maximum Gasteiger partial charge on any atom is 0.381 e. The van der Waals surface area contributed by atoms with Gasteiger partial charge in [0.25, 0.3) is 11.7 Å². The molecule has 11 heteroatoms. The number of urea groups is 1. The number of imide groups is 1. The van der Waals surface area contributed by atoms with Crippen molar-refractivity contribution in [2.45, 2.75) is 96.9 Å². The van der Waals surface area contributed by atoms with Crippen LogP contribution in [0, 0.1) is 11.8 Å². The Balaban J connectivity index is 0.000000427. The molecule has 1 atom stereocenters. The van der Waals surface area contributed by atoms with E-state index in [4.69, 9.17) is 0 Å². The van der Waals surface area contributed by atoms with Gasteiger partial charge in [0.1, 0.15) is 11.7 Å². The summed E-state index contributed by atoms with van der Waals surface area (Å²) >= 11 is 0.974. The summed E-state index contributed by atoms with van der Waals surface area (Å²) in [6.07, 6.45) is 14.5. The fraction of sp³-hybridized carbons (Fsp3) is 0.704. The highest BCUT2D eigenvalue weighted by Gasteiger charge is 2.40. The number of carbonyl (C=O) groups excluding carboxylic acids is 5. The smallest absolute Gasteiger partial charge is 0.381 e. The fourth-order valence-electron chi connectivity index (χ4n) is 5.34. The van der Waals surface area contributed by atoms with Crippen molar-refractivity contribution in [3.05, 3.63) is 11.1 Å². The van der Waals surface area contributed by atoms with Crippen molar-refractivity contribution in [2.24, 2.45) is 11.8 Å². The Morgan fingerprint density at radius 1 is 1.05 bits per heavy atom. The van der Waals surface area contributed by atoms with E-state index in [0.29, 0.717) is 6.42 Å². The summed E-state index contributed by atoms with van der Waals surface area (Å²) in [4.78, 5) is 65.9. The van der Waals surface area contributed by atoms with E-state index in [1.165, 1.54) is 43.9 Å². The van der Waals surface area contributed by atoms with Crippen molar-refractivity contribution < 1.29 is 28.7 Å². The van der Waals surface area contributed by atoms with E-state index in [0.717, 1.165) is 54.3 Å². The highest BCUT2D eigenvalue weighted by molar-refractivity contribution is 7.14. The lowest BCUT2D eigenvalue weighted by Crippen LogP contribution is -2.48. The number of esters is 1. The summed E-state index contributed by atoms with van der Waals surface area (Å²) in [5.74, 6) is -1.59. The van der Waals surface area contributed by atoms with Gasteiger partial charge in [-0.15, -0.1) is 11.3 Å². The number of anilines is 1. The van der Waals surface area contributed by atoms with Crippen molar-refractivity contribution in [1.82, 2.24) is 15.2 Å². The molecule has 1 saturated heterocycles. The van der Waals surface area contributed by atoms with Gasteiger partial charge in [0.2, 0.25) is 5.91 Å². The van der Waals surface area contributed by atoms with Crippen LogP contribution in [0.5, 0.6) is 0 Å². The Hall–Kier alpha value is -2.82. The first-order chi connectivity index (χ1) is 18.3. The molecule has 2 aliphatic carbocycles. The first kappa shape index (κ1) is 29.7. The van der Waals surface area contributed by atoms with Crippen LogP contribution in [0.2, 0.25) is 0 Å². The van der Waals surface area contributed by atoms with E-state index in [1.54, 1.807) is 6.92 Å². The van der Waals surface area contributed by atoms with Crippen LogP contribution in [-0.2, 0) is 19.1 Å². The number of aromatic nitrogens is 1. The molecule has 2 heterocycles. The number of hydrogen-bond donors (Lipinski definition) is 2. The molecule has 2 saturated carbocycles. The van der Waals surface area contributed by atoms with Gasteiger partial charge in [0, 0.05) is 5.38 Å². The average Bonchev–Trinajstić information content (AvgIpc) is 3.54. The van der Waals surface area contributed by atoms with Gasteiger partial charge in [-0.2, -0.15) is 0 Å². The molecular weight excluding hydrogens is 508 g/mol. The third-order valence-corrected chi connectivity index (χ3v) is 8.26. The summed E-state index contributed by atoms with van der Waals surface area (Å²) in [5.41, 5.74) is -0.132. The molecule has 3 fully saturated rings. The molecule has 38 heavy (non-hydrogen) atoms. The maximum absolute atomic E-state index is 13.0. The molecule has 0 radical (unpaired) electrons. The molecule has 1 aliphatic heterocycles. The van der Waals surface area contributed by atoms with Gasteiger partial charge >= 0.3 is 12.0 Å². The molecule has 0 aromatic carbocycles. The van der Waals surface area contributed by atoms with Crippen LogP contribution < -0.4 is 10.6 Å². The van der Waals surface area contributed by atoms with Crippen molar-refractivity contribution in [1.29, 1.82) is 0 Å². The van der Waals surface area contributed by atoms with Crippen LogP contribution >= 0.6 is 11.3 Å². The van der Waals surface area contributed by atoms with Gasteiger partial charge < -0.3 is 15.4 Å². The minimum absolute atomic E-state index is 0.0626. The summed E-state index contributed by atoms with van der Waals surface area (Å²) in [5, 5.41) is 6.48. The Labute approximate surface area is 228 Å².